The van der Waals surface area contributed by atoms with E-state index in [1.165, 1.54) is 26.2 Å². The minimum atomic E-state index is -1.21. The van der Waals surface area contributed by atoms with Crippen LogP contribution in [0.4, 0.5) is 10.5 Å². The van der Waals surface area contributed by atoms with Gasteiger partial charge in [0.1, 0.15) is 5.70 Å². The van der Waals surface area contributed by atoms with E-state index < -0.39 is 36.1 Å². The third-order valence-electron chi connectivity index (χ3n) is 6.85. The fourth-order valence-electron chi connectivity index (χ4n) is 5.51. The highest BCUT2D eigenvalue weighted by Crippen LogP contribution is 2.52. The molecule has 1 saturated carbocycles. The molecule has 1 aromatic carbocycles. The monoisotopic (exact) mass is 475 g/mol. The van der Waals surface area contributed by atoms with E-state index in [2.05, 4.69) is 10.6 Å². The molecule has 1 unspecified atom stereocenters. The number of aliphatic carboxylic acids is 1. The van der Waals surface area contributed by atoms with Gasteiger partial charge < -0.3 is 40.0 Å². The third kappa shape index (κ3) is 3.69. The number of ether oxygens (including phenoxy) is 3. The number of carbonyl (C=O) groups is 3. The molecule has 0 radical (unpaired) electrons. The highest BCUT2D eigenvalue weighted by Gasteiger charge is 2.62. The number of β-lactam (4-membered cyclic amide) rings is 1. The molecule has 2 aliphatic heterocycles. The number of nitrogens with one attached hydrogen (secondary N) is 2. The van der Waals surface area contributed by atoms with Crippen molar-refractivity contribution >= 4 is 23.6 Å². The predicted octanol–water partition coefficient (Wildman–Crippen LogP) is 1.56. The third-order valence-corrected chi connectivity index (χ3v) is 6.85. The van der Waals surface area contributed by atoms with E-state index in [-0.39, 0.29) is 17.5 Å². The zero-order valence-corrected chi connectivity index (χ0v) is 19.5. The topological polar surface area (TPSA) is 147 Å². The summed E-state index contributed by atoms with van der Waals surface area (Å²) in [5.41, 5.74) is 0.862. The largest absolute Gasteiger partial charge is 0.493 e. The summed E-state index contributed by atoms with van der Waals surface area (Å²) in [6.07, 6.45) is 1.11. The molecule has 1 aliphatic carbocycles. The second-order valence-electron chi connectivity index (χ2n) is 8.68. The Balaban J connectivity index is 1.58. The van der Waals surface area contributed by atoms with Crippen molar-refractivity contribution in [3.8, 4) is 17.2 Å². The SMILES string of the molecule is COc1cc(NC(=O)N[C@H]2CCC[C@H]3C2=C(C(=O)O)N2C(=O)[C@H](C(C)O)[C@@H]32)cc(OC)c1OC. The van der Waals surface area contributed by atoms with Gasteiger partial charge in [-0.15, -0.1) is 0 Å². The molecule has 3 aliphatic rings. The Bertz CT molecular complexity index is 1030. The lowest BCUT2D eigenvalue weighted by Crippen LogP contribution is -2.64. The smallest absolute Gasteiger partial charge is 0.352 e. The van der Waals surface area contributed by atoms with Crippen molar-refractivity contribution < 1.29 is 38.8 Å². The Kier molecular flexibility index (Phi) is 6.30. The van der Waals surface area contributed by atoms with Crippen molar-refractivity contribution in [2.45, 2.75) is 44.4 Å². The molecule has 2 heterocycles. The number of amides is 3. The molecule has 4 rings (SSSR count). The van der Waals surface area contributed by atoms with Crippen LogP contribution in [0.1, 0.15) is 26.2 Å². The molecule has 11 heteroatoms. The summed E-state index contributed by atoms with van der Waals surface area (Å²) in [5, 5.41) is 25.6. The lowest BCUT2D eigenvalue weighted by atomic mass is 9.71. The van der Waals surface area contributed by atoms with Crippen LogP contribution in [-0.2, 0) is 9.59 Å². The second kappa shape index (κ2) is 9.05. The molecule has 3 amide bonds. The molecule has 0 spiro atoms. The van der Waals surface area contributed by atoms with Gasteiger partial charge in [-0.1, -0.05) is 6.42 Å². The fourth-order valence-corrected chi connectivity index (χ4v) is 5.51. The van der Waals surface area contributed by atoms with Crippen molar-refractivity contribution in [1.29, 1.82) is 0 Å². The Morgan fingerprint density at radius 2 is 1.76 bits per heavy atom. The zero-order chi connectivity index (χ0) is 24.7. The maximum absolute atomic E-state index is 12.9. The van der Waals surface area contributed by atoms with Gasteiger partial charge in [-0.3, -0.25) is 4.79 Å². The number of fused-ring (bicyclic) bond motifs is 3. The number of anilines is 1. The van der Waals surface area contributed by atoms with Crippen molar-refractivity contribution in [3.05, 3.63) is 23.4 Å². The molecule has 5 atom stereocenters. The minimum absolute atomic E-state index is 0.0744. The summed E-state index contributed by atoms with van der Waals surface area (Å²) in [4.78, 5) is 38.9. The van der Waals surface area contributed by atoms with Crippen LogP contribution in [0, 0.1) is 11.8 Å². The van der Waals surface area contributed by atoms with E-state index in [0.717, 1.165) is 6.42 Å². The fraction of sp³-hybridized carbons (Fsp3) is 0.522. The van der Waals surface area contributed by atoms with Gasteiger partial charge in [0.2, 0.25) is 11.7 Å². The van der Waals surface area contributed by atoms with Gasteiger partial charge in [0.15, 0.2) is 11.5 Å². The average Bonchev–Trinajstić information content (AvgIpc) is 3.09. The standard InChI is InChI=1S/C23H29N3O8/c1-10(27)16-18-12-6-5-7-13(17(12)19(22(29)30)26(18)21(16)28)25-23(31)24-11-8-14(32-2)20(34-4)15(9-11)33-3/h8-10,12-13,16,18,27H,5-7H2,1-4H3,(H,29,30)(H2,24,25,31)/t10?,12-,13-,16+,18+/m0/s1. The number of carbonyl (C=O) groups excluding carboxylic acids is 2. The van der Waals surface area contributed by atoms with Gasteiger partial charge >= 0.3 is 12.0 Å². The number of rotatable bonds is 7. The van der Waals surface area contributed by atoms with Gasteiger partial charge in [0, 0.05) is 18.1 Å². The van der Waals surface area contributed by atoms with Crippen molar-refractivity contribution in [2.75, 3.05) is 26.6 Å². The number of benzene rings is 1. The molecule has 2 fully saturated rings. The number of hydrogen-bond donors (Lipinski definition) is 4. The summed E-state index contributed by atoms with van der Waals surface area (Å²) < 4.78 is 15.9. The Labute approximate surface area is 196 Å². The number of carboxylic acid groups (broad SMARTS) is 1. The normalized spacial score (nSPS) is 26.1. The minimum Gasteiger partial charge on any atom is -0.493 e. The lowest BCUT2D eigenvalue weighted by molar-refractivity contribution is -0.163. The van der Waals surface area contributed by atoms with Crippen LogP contribution in [0.15, 0.2) is 23.4 Å². The first kappa shape index (κ1) is 23.7. The highest BCUT2D eigenvalue weighted by molar-refractivity contribution is 6.00. The Morgan fingerprint density at radius 3 is 2.29 bits per heavy atom. The van der Waals surface area contributed by atoms with Crippen LogP contribution in [0.3, 0.4) is 0 Å². The van der Waals surface area contributed by atoms with Gasteiger partial charge in [-0.2, -0.15) is 0 Å². The Hall–Kier alpha value is -3.47. The van der Waals surface area contributed by atoms with E-state index in [1.807, 2.05) is 0 Å². The van der Waals surface area contributed by atoms with Gasteiger partial charge in [0.05, 0.1) is 51.1 Å². The summed E-state index contributed by atoms with van der Waals surface area (Å²) in [6, 6.07) is 1.68. The first-order valence-corrected chi connectivity index (χ1v) is 11.1. The molecule has 1 aromatic rings. The van der Waals surface area contributed by atoms with Gasteiger partial charge in [-0.05, 0) is 25.3 Å². The van der Waals surface area contributed by atoms with E-state index >= 15 is 0 Å². The number of carboxylic acids is 1. The summed E-state index contributed by atoms with van der Waals surface area (Å²) in [7, 11) is 4.41. The molecule has 0 bridgehead atoms. The average molecular weight is 475 g/mol. The molecule has 34 heavy (non-hydrogen) atoms. The molecule has 184 valence electrons. The maximum atomic E-state index is 12.9. The second-order valence-corrected chi connectivity index (χ2v) is 8.68. The van der Waals surface area contributed by atoms with Crippen molar-refractivity contribution in [3.63, 3.8) is 0 Å². The molecule has 4 N–H and O–H groups in total. The van der Waals surface area contributed by atoms with Crippen LogP contribution in [-0.4, -0.2) is 72.5 Å². The van der Waals surface area contributed by atoms with Crippen molar-refractivity contribution in [2.24, 2.45) is 11.8 Å². The zero-order valence-electron chi connectivity index (χ0n) is 19.5. The van der Waals surface area contributed by atoms with Crippen LogP contribution >= 0.6 is 0 Å². The first-order valence-electron chi connectivity index (χ1n) is 11.1. The summed E-state index contributed by atoms with van der Waals surface area (Å²) in [5.74, 6) is -1.33. The van der Waals surface area contributed by atoms with Gasteiger partial charge in [0.25, 0.3) is 0 Å². The van der Waals surface area contributed by atoms with Crippen LogP contribution in [0.5, 0.6) is 17.2 Å². The number of hydrogen-bond acceptors (Lipinski definition) is 7. The van der Waals surface area contributed by atoms with Crippen LogP contribution in [0.25, 0.3) is 0 Å². The molecular formula is C23H29N3O8. The number of methoxy groups -OCH3 is 3. The number of aliphatic hydroxyl groups is 1. The van der Waals surface area contributed by atoms with E-state index in [9.17, 15) is 24.6 Å². The highest BCUT2D eigenvalue weighted by atomic mass is 16.5. The quantitative estimate of drug-likeness (QED) is 0.435. The number of urea groups is 1. The summed E-state index contributed by atoms with van der Waals surface area (Å²) in [6.45, 7) is 1.54. The first-order chi connectivity index (χ1) is 16.2. The molecule has 11 nitrogen and oxygen atoms in total. The number of aliphatic hydroxyl groups excluding tert-OH is 1. The Morgan fingerprint density at radius 1 is 1.12 bits per heavy atom. The molecule has 0 aromatic heterocycles. The lowest BCUT2D eigenvalue weighted by Gasteiger charge is -2.47. The van der Waals surface area contributed by atoms with E-state index in [4.69, 9.17) is 14.2 Å². The predicted molar refractivity (Wildman–Crippen MR) is 120 cm³/mol. The molecule has 1 saturated heterocycles. The van der Waals surface area contributed by atoms with Crippen LogP contribution in [0.2, 0.25) is 0 Å². The molecular weight excluding hydrogens is 446 g/mol. The maximum Gasteiger partial charge on any atom is 0.352 e. The van der Waals surface area contributed by atoms with E-state index in [1.54, 1.807) is 19.1 Å². The van der Waals surface area contributed by atoms with Crippen molar-refractivity contribution in [1.82, 2.24) is 10.2 Å². The van der Waals surface area contributed by atoms with Gasteiger partial charge in [-0.25, -0.2) is 9.59 Å². The van der Waals surface area contributed by atoms with Crippen LogP contribution < -0.4 is 24.8 Å². The van der Waals surface area contributed by atoms with E-state index in [0.29, 0.717) is 41.4 Å². The number of nitrogens with zero attached hydrogens (tertiary/aromatic N) is 1. The summed E-state index contributed by atoms with van der Waals surface area (Å²) >= 11 is 0.